The third-order valence-corrected chi connectivity index (χ3v) is 4.29. The van der Waals surface area contributed by atoms with Crippen LogP contribution in [0.5, 0.6) is 5.75 Å². The number of allylic oxidation sites excluding steroid dienone is 2. The molecule has 0 radical (unpaired) electrons. The van der Waals surface area contributed by atoms with E-state index in [1.54, 1.807) is 24.3 Å². The molecular formula is C19H21NO5. The highest BCUT2D eigenvalue weighted by molar-refractivity contribution is 6.02. The Morgan fingerprint density at radius 1 is 0.960 bits per heavy atom. The van der Waals surface area contributed by atoms with Crippen LogP contribution < -0.4 is 4.74 Å². The van der Waals surface area contributed by atoms with E-state index in [-0.39, 0.29) is 24.5 Å². The third-order valence-electron chi connectivity index (χ3n) is 4.29. The molecule has 0 aromatic heterocycles. The van der Waals surface area contributed by atoms with Gasteiger partial charge in [0, 0.05) is 12.8 Å². The lowest BCUT2D eigenvalue weighted by Crippen LogP contribution is -2.32. The minimum absolute atomic E-state index is 0.0788. The van der Waals surface area contributed by atoms with Crippen molar-refractivity contribution in [2.75, 3.05) is 0 Å². The Kier molecular flexibility index (Phi) is 5.48. The quantitative estimate of drug-likeness (QED) is 0.620. The van der Waals surface area contributed by atoms with Gasteiger partial charge in [-0.15, -0.1) is 5.06 Å². The molecule has 6 heteroatoms. The molecule has 0 saturated carbocycles. The molecule has 3 rings (SSSR count). The van der Waals surface area contributed by atoms with Crippen LogP contribution in [0.25, 0.3) is 0 Å². The molecule has 0 N–H and O–H groups in total. The van der Waals surface area contributed by atoms with Gasteiger partial charge in [-0.1, -0.05) is 12.2 Å². The molecular weight excluding hydrogens is 322 g/mol. The Morgan fingerprint density at radius 2 is 1.64 bits per heavy atom. The van der Waals surface area contributed by atoms with E-state index in [0.29, 0.717) is 10.8 Å². The SMILES string of the molecule is O=C(ON1C(=O)CCC1=O)c1ccc(OC2CCC=CCCC2)cc1. The average Bonchev–Trinajstić information content (AvgIpc) is 2.90. The van der Waals surface area contributed by atoms with E-state index < -0.39 is 17.8 Å². The molecule has 132 valence electrons. The number of amides is 2. The summed E-state index contributed by atoms with van der Waals surface area (Å²) < 4.78 is 5.99. The summed E-state index contributed by atoms with van der Waals surface area (Å²) in [4.78, 5) is 39.9. The fourth-order valence-electron chi connectivity index (χ4n) is 2.90. The zero-order valence-electron chi connectivity index (χ0n) is 14.0. The lowest BCUT2D eigenvalue weighted by atomic mass is 10.0. The van der Waals surface area contributed by atoms with Crippen LogP contribution in [0.1, 0.15) is 55.3 Å². The molecule has 0 bridgehead atoms. The maximum Gasteiger partial charge on any atom is 0.363 e. The molecule has 1 fully saturated rings. The van der Waals surface area contributed by atoms with Crippen LogP contribution in [0.4, 0.5) is 0 Å². The van der Waals surface area contributed by atoms with Crippen molar-refractivity contribution in [2.45, 2.75) is 51.0 Å². The topological polar surface area (TPSA) is 72.9 Å². The number of benzene rings is 1. The van der Waals surface area contributed by atoms with Crippen LogP contribution in [0.3, 0.4) is 0 Å². The van der Waals surface area contributed by atoms with E-state index in [4.69, 9.17) is 9.57 Å². The highest BCUT2D eigenvalue weighted by Gasteiger charge is 2.33. The first-order valence-electron chi connectivity index (χ1n) is 8.63. The number of nitrogens with zero attached hydrogens (tertiary/aromatic N) is 1. The maximum atomic E-state index is 12.1. The van der Waals surface area contributed by atoms with E-state index in [1.807, 2.05) is 0 Å². The van der Waals surface area contributed by atoms with Crippen LogP contribution in [-0.4, -0.2) is 29.0 Å². The Balaban J connectivity index is 1.57. The molecule has 1 aromatic carbocycles. The third kappa shape index (κ3) is 4.47. The molecule has 2 aliphatic rings. The zero-order valence-corrected chi connectivity index (χ0v) is 14.0. The van der Waals surface area contributed by atoms with Crippen LogP contribution >= 0.6 is 0 Å². The number of ether oxygens (including phenoxy) is 1. The number of hydrogen-bond acceptors (Lipinski definition) is 5. The lowest BCUT2D eigenvalue weighted by molar-refractivity contribution is -0.172. The van der Waals surface area contributed by atoms with Gasteiger partial charge in [0.05, 0.1) is 11.7 Å². The van der Waals surface area contributed by atoms with Crippen molar-refractivity contribution in [3.63, 3.8) is 0 Å². The molecule has 1 aliphatic heterocycles. The summed E-state index contributed by atoms with van der Waals surface area (Å²) in [5.41, 5.74) is 0.264. The Hall–Kier alpha value is -2.63. The second-order valence-electron chi connectivity index (χ2n) is 6.20. The number of hydroxylamine groups is 2. The highest BCUT2D eigenvalue weighted by atomic mass is 16.7. The van der Waals surface area contributed by atoms with Crippen molar-refractivity contribution in [2.24, 2.45) is 0 Å². The fraction of sp³-hybridized carbons (Fsp3) is 0.421. The van der Waals surface area contributed by atoms with Gasteiger partial charge in [0.25, 0.3) is 11.8 Å². The number of hydrogen-bond donors (Lipinski definition) is 0. The summed E-state index contributed by atoms with van der Waals surface area (Å²) in [7, 11) is 0. The van der Waals surface area contributed by atoms with Gasteiger partial charge in [0.1, 0.15) is 5.75 Å². The maximum absolute atomic E-state index is 12.1. The van der Waals surface area contributed by atoms with E-state index in [2.05, 4.69) is 12.2 Å². The largest absolute Gasteiger partial charge is 0.490 e. The first kappa shape index (κ1) is 17.2. The minimum Gasteiger partial charge on any atom is -0.490 e. The standard InChI is InChI=1S/C19H21NO5/c21-17-12-13-18(22)20(17)25-19(23)14-8-10-16(11-9-14)24-15-6-4-2-1-3-5-7-15/h1-2,8-11,15H,3-7,12-13H2. The minimum atomic E-state index is -0.730. The molecule has 2 amide bonds. The monoisotopic (exact) mass is 343 g/mol. The number of carbonyl (C=O) groups is 3. The second kappa shape index (κ2) is 7.96. The predicted octanol–water partition coefficient (Wildman–Crippen LogP) is 3.18. The number of rotatable bonds is 4. The van der Waals surface area contributed by atoms with Gasteiger partial charge >= 0.3 is 5.97 Å². The second-order valence-corrected chi connectivity index (χ2v) is 6.20. The van der Waals surface area contributed by atoms with E-state index >= 15 is 0 Å². The van der Waals surface area contributed by atoms with E-state index in [0.717, 1.165) is 32.1 Å². The normalized spacial score (nSPS) is 21.0. The number of imide groups is 1. The predicted molar refractivity (Wildman–Crippen MR) is 89.6 cm³/mol. The van der Waals surface area contributed by atoms with Gasteiger partial charge in [0.2, 0.25) is 0 Å². The Bertz CT molecular complexity index is 664. The van der Waals surface area contributed by atoms with Gasteiger partial charge in [-0.3, -0.25) is 9.59 Å². The fourth-order valence-corrected chi connectivity index (χ4v) is 2.90. The van der Waals surface area contributed by atoms with Crippen molar-refractivity contribution in [3.05, 3.63) is 42.0 Å². The van der Waals surface area contributed by atoms with Gasteiger partial charge < -0.3 is 9.57 Å². The van der Waals surface area contributed by atoms with Crippen molar-refractivity contribution in [1.29, 1.82) is 0 Å². The van der Waals surface area contributed by atoms with Crippen LogP contribution in [0.2, 0.25) is 0 Å². The lowest BCUT2D eigenvalue weighted by Gasteiger charge is -2.20. The summed E-state index contributed by atoms with van der Waals surface area (Å²) in [6.07, 6.45) is 9.90. The molecule has 25 heavy (non-hydrogen) atoms. The van der Waals surface area contributed by atoms with Gasteiger partial charge in [-0.2, -0.15) is 0 Å². The smallest absolute Gasteiger partial charge is 0.363 e. The Labute approximate surface area is 146 Å². The molecule has 1 aliphatic carbocycles. The van der Waals surface area contributed by atoms with Crippen molar-refractivity contribution in [1.82, 2.24) is 5.06 Å². The van der Waals surface area contributed by atoms with Crippen molar-refractivity contribution >= 4 is 17.8 Å². The zero-order chi connectivity index (χ0) is 17.6. The Morgan fingerprint density at radius 3 is 2.36 bits per heavy atom. The summed E-state index contributed by atoms with van der Waals surface area (Å²) in [5, 5.41) is 0.550. The van der Waals surface area contributed by atoms with Crippen LogP contribution in [0.15, 0.2) is 36.4 Å². The summed E-state index contributed by atoms with van der Waals surface area (Å²) in [6, 6.07) is 6.56. The summed E-state index contributed by atoms with van der Waals surface area (Å²) in [5.74, 6) is -1.01. The number of carbonyl (C=O) groups excluding carboxylic acids is 3. The molecule has 1 heterocycles. The highest BCUT2D eigenvalue weighted by Crippen LogP contribution is 2.21. The molecule has 0 spiro atoms. The molecule has 1 saturated heterocycles. The first-order chi connectivity index (χ1) is 12.1. The van der Waals surface area contributed by atoms with Crippen molar-refractivity contribution < 1.29 is 24.0 Å². The van der Waals surface area contributed by atoms with Crippen LogP contribution in [0, 0.1) is 0 Å². The molecule has 6 nitrogen and oxygen atoms in total. The van der Waals surface area contributed by atoms with Gasteiger partial charge in [-0.05, 0) is 56.4 Å². The molecule has 1 atom stereocenters. The van der Waals surface area contributed by atoms with E-state index in [1.165, 1.54) is 0 Å². The summed E-state index contributed by atoms with van der Waals surface area (Å²) in [6.45, 7) is 0. The average molecular weight is 343 g/mol. The first-order valence-corrected chi connectivity index (χ1v) is 8.63. The van der Waals surface area contributed by atoms with E-state index in [9.17, 15) is 14.4 Å². The molecule has 1 unspecified atom stereocenters. The molecule has 1 aromatic rings. The summed E-state index contributed by atoms with van der Waals surface area (Å²) >= 11 is 0. The van der Waals surface area contributed by atoms with Gasteiger partial charge in [-0.25, -0.2) is 4.79 Å². The van der Waals surface area contributed by atoms with Crippen molar-refractivity contribution in [3.8, 4) is 5.75 Å². The van der Waals surface area contributed by atoms with Crippen LogP contribution in [-0.2, 0) is 14.4 Å². The van der Waals surface area contributed by atoms with Gasteiger partial charge in [0.15, 0.2) is 0 Å².